The number of carbonyl (C=O) groups is 1. The Morgan fingerprint density at radius 1 is 1.39 bits per heavy atom. The molecule has 2 aliphatic rings. The van der Waals surface area contributed by atoms with Gasteiger partial charge in [0.15, 0.2) is 0 Å². The van der Waals surface area contributed by atoms with E-state index in [1.54, 1.807) is 0 Å². The number of aromatic nitrogens is 2. The summed E-state index contributed by atoms with van der Waals surface area (Å²) in [4.78, 5) is 12.0. The van der Waals surface area contributed by atoms with Crippen LogP contribution in [0.1, 0.15) is 44.0 Å². The number of hydrogen-bond donors (Lipinski definition) is 1. The van der Waals surface area contributed by atoms with Crippen molar-refractivity contribution in [3.63, 3.8) is 0 Å². The summed E-state index contributed by atoms with van der Waals surface area (Å²) < 4.78 is 0. The van der Waals surface area contributed by atoms with Gasteiger partial charge in [-0.2, -0.15) is 0 Å². The van der Waals surface area contributed by atoms with Crippen LogP contribution in [0.2, 0.25) is 0 Å². The molecule has 1 amide bonds. The van der Waals surface area contributed by atoms with Crippen LogP contribution in [0.4, 0.5) is 5.13 Å². The fourth-order valence-electron chi connectivity index (χ4n) is 3.48. The van der Waals surface area contributed by atoms with Crippen LogP contribution in [-0.4, -0.2) is 16.1 Å². The summed E-state index contributed by atoms with van der Waals surface area (Å²) in [6.45, 7) is 2.04. The van der Waals surface area contributed by atoms with E-state index in [2.05, 4.69) is 15.5 Å². The Labute approximate surface area is 111 Å². The maximum Gasteiger partial charge on any atom is 0.226 e. The molecular formula is C13H19N3OS. The molecule has 18 heavy (non-hydrogen) atoms. The lowest BCUT2D eigenvalue weighted by molar-refractivity contribution is -0.117. The number of nitrogens with zero attached hydrogens (tertiary/aromatic N) is 2. The maximum absolute atomic E-state index is 12.0. The quantitative estimate of drug-likeness (QED) is 0.910. The van der Waals surface area contributed by atoms with E-state index < -0.39 is 0 Å². The van der Waals surface area contributed by atoms with Crippen LogP contribution in [-0.2, 0) is 11.2 Å². The lowest BCUT2D eigenvalue weighted by Crippen LogP contribution is -2.20. The molecule has 1 heterocycles. The minimum Gasteiger partial charge on any atom is -0.301 e. The zero-order valence-electron chi connectivity index (χ0n) is 10.7. The van der Waals surface area contributed by atoms with Crippen molar-refractivity contribution in [2.24, 2.45) is 17.8 Å². The van der Waals surface area contributed by atoms with Gasteiger partial charge in [-0.25, -0.2) is 0 Å². The van der Waals surface area contributed by atoms with E-state index in [1.165, 1.54) is 37.0 Å². The highest BCUT2D eigenvalue weighted by Crippen LogP contribution is 2.49. The predicted molar refractivity (Wildman–Crippen MR) is 71.5 cm³/mol. The first kappa shape index (κ1) is 12.1. The van der Waals surface area contributed by atoms with Gasteiger partial charge < -0.3 is 5.32 Å². The molecule has 2 bridgehead atoms. The standard InChI is InChI=1S/C13H19N3OS/c1-2-12-15-16-13(18-12)14-11(17)7-10-6-8-3-4-9(10)5-8/h8-10H,2-7H2,1H3,(H,14,16,17)/t8-,9-,10-/m0/s1. The van der Waals surface area contributed by atoms with Crippen LogP contribution in [0.3, 0.4) is 0 Å². The van der Waals surface area contributed by atoms with Gasteiger partial charge in [-0.1, -0.05) is 24.7 Å². The van der Waals surface area contributed by atoms with E-state index >= 15 is 0 Å². The van der Waals surface area contributed by atoms with Crippen molar-refractivity contribution in [3.8, 4) is 0 Å². The van der Waals surface area contributed by atoms with Crippen LogP contribution in [0.5, 0.6) is 0 Å². The third-order valence-corrected chi connectivity index (χ3v) is 5.33. The average molecular weight is 265 g/mol. The minimum atomic E-state index is 0.117. The molecule has 4 nitrogen and oxygen atoms in total. The van der Waals surface area contributed by atoms with Gasteiger partial charge in [0, 0.05) is 6.42 Å². The molecule has 0 saturated heterocycles. The smallest absolute Gasteiger partial charge is 0.226 e. The maximum atomic E-state index is 12.0. The van der Waals surface area contributed by atoms with Crippen LogP contribution in [0.25, 0.3) is 0 Å². The van der Waals surface area contributed by atoms with E-state index in [0.29, 0.717) is 17.5 Å². The first-order valence-electron chi connectivity index (χ1n) is 6.86. The Morgan fingerprint density at radius 3 is 2.89 bits per heavy atom. The summed E-state index contributed by atoms with van der Waals surface area (Å²) in [6.07, 6.45) is 6.88. The molecule has 98 valence electrons. The van der Waals surface area contributed by atoms with Crippen molar-refractivity contribution in [2.45, 2.75) is 45.4 Å². The van der Waals surface area contributed by atoms with Crippen molar-refractivity contribution in [3.05, 3.63) is 5.01 Å². The number of anilines is 1. The van der Waals surface area contributed by atoms with Gasteiger partial charge in [0.2, 0.25) is 11.0 Å². The third kappa shape index (κ3) is 2.41. The highest BCUT2D eigenvalue weighted by Gasteiger charge is 2.40. The molecule has 5 heteroatoms. The fraction of sp³-hybridized carbons (Fsp3) is 0.769. The van der Waals surface area contributed by atoms with E-state index in [-0.39, 0.29) is 5.91 Å². The van der Waals surface area contributed by atoms with Gasteiger partial charge in [-0.15, -0.1) is 10.2 Å². The number of aryl methyl sites for hydroxylation is 1. The van der Waals surface area contributed by atoms with Crippen LogP contribution < -0.4 is 5.32 Å². The number of fused-ring (bicyclic) bond motifs is 2. The van der Waals surface area contributed by atoms with E-state index in [0.717, 1.165) is 23.3 Å². The summed E-state index contributed by atoms with van der Waals surface area (Å²) in [5, 5.41) is 12.5. The number of hydrogen-bond acceptors (Lipinski definition) is 4. The Hall–Kier alpha value is -0.970. The predicted octanol–water partition coefficient (Wildman–Crippen LogP) is 2.87. The molecule has 2 aliphatic carbocycles. The molecule has 1 N–H and O–H groups in total. The van der Waals surface area contributed by atoms with E-state index in [4.69, 9.17) is 0 Å². The second kappa shape index (κ2) is 4.96. The molecule has 1 aromatic heterocycles. The number of carbonyl (C=O) groups excluding carboxylic acids is 1. The second-order valence-electron chi connectivity index (χ2n) is 5.54. The molecule has 0 spiro atoms. The average Bonchev–Trinajstić information content (AvgIpc) is 3.04. The van der Waals surface area contributed by atoms with Crippen molar-refractivity contribution in [1.82, 2.24) is 10.2 Å². The van der Waals surface area contributed by atoms with Gasteiger partial charge >= 0.3 is 0 Å². The lowest BCUT2D eigenvalue weighted by atomic mass is 9.86. The van der Waals surface area contributed by atoms with Crippen LogP contribution in [0.15, 0.2) is 0 Å². The largest absolute Gasteiger partial charge is 0.301 e. The molecule has 2 saturated carbocycles. The number of nitrogens with one attached hydrogen (secondary N) is 1. The summed E-state index contributed by atoms with van der Waals surface area (Å²) in [7, 11) is 0. The molecule has 0 unspecified atom stereocenters. The zero-order chi connectivity index (χ0) is 12.5. The van der Waals surface area contributed by atoms with Crippen molar-refractivity contribution in [2.75, 3.05) is 5.32 Å². The first-order valence-corrected chi connectivity index (χ1v) is 7.68. The summed E-state index contributed by atoms with van der Waals surface area (Å²) in [6, 6.07) is 0. The van der Waals surface area contributed by atoms with Crippen LogP contribution >= 0.6 is 11.3 Å². The summed E-state index contributed by atoms with van der Waals surface area (Å²) >= 11 is 1.48. The summed E-state index contributed by atoms with van der Waals surface area (Å²) in [5.41, 5.74) is 0. The molecule has 0 radical (unpaired) electrons. The Kier molecular flexibility index (Phi) is 3.33. The molecule has 2 fully saturated rings. The number of amides is 1. The topological polar surface area (TPSA) is 54.9 Å². The first-order chi connectivity index (χ1) is 8.74. The lowest BCUT2D eigenvalue weighted by Gasteiger charge is -2.20. The molecule has 3 atom stereocenters. The van der Waals surface area contributed by atoms with Gasteiger partial charge in [0.25, 0.3) is 0 Å². The van der Waals surface area contributed by atoms with E-state index in [9.17, 15) is 4.79 Å². The fourth-order valence-corrected chi connectivity index (χ4v) is 4.18. The van der Waals surface area contributed by atoms with Gasteiger partial charge in [-0.3, -0.25) is 4.79 Å². The zero-order valence-corrected chi connectivity index (χ0v) is 11.5. The highest BCUT2D eigenvalue weighted by atomic mass is 32.1. The Bertz CT molecular complexity index is 445. The normalized spacial score (nSPS) is 29.7. The molecular weight excluding hydrogens is 246 g/mol. The monoisotopic (exact) mass is 265 g/mol. The summed E-state index contributed by atoms with van der Waals surface area (Å²) in [5.74, 6) is 2.44. The van der Waals surface area contributed by atoms with Gasteiger partial charge in [0.05, 0.1) is 0 Å². The Morgan fingerprint density at radius 2 is 2.28 bits per heavy atom. The molecule has 0 aromatic carbocycles. The van der Waals surface area contributed by atoms with Crippen molar-refractivity contribution < 1.29 is 4.79 Å². The molecule has 3 rings (SSSR count). The van der Waals surface area contributed by atoms with Gasteiger partial charge in [-0.05, 0) is 43.4 Å². The van der Waals surface area contributed by atoms with E-state index in [1.807, 2.05) is 6.92 Å². The third-order valence-electron chi connectivity index (χ3n) is 4.35. The van der Waals surface area contributed by atoms with Crippen molar-refractivity contribution in [1.29, 1.82) is 0 Å². The van der Waals surface area contributed by atoms with Gasteiger partial charge in [0.1, 0.15) is 5.01 Å². The second-order valence-corrected chi connectivity index (χ2v) is 6.60. The highest BCUT2D eigenvalue weighted by molar-refractivity contribution is 7.15. The van der Waals surface area contributed by atoms with Crippen LogP contribution in [0, 0.1) is 17.8 Å². The SMILES string of the molecule is CCc1nnc(NC(=O)C[C@@H]2C[C@H]3CC[C@H]2C3)s1. The minimum absolute atomic E-state index is 0.117. The Balaban J connectivity index is 1.52. The van der Waals surface area contributed by atoms with Crippen molar-refractivity contribution >= 4 is 22.4 Å². The number of rotatable bonds is 4. The molecule has 0 aliphatic heterocycles. The molecule has 1 aromatic rings.